The van der Waals surface area contributed by atoms with Gasteiger partial charge in [0, 0.05) is 5.69 Å². The van der Waals surface area contributed by atoms with E-state index in [0.29, 0.717) is 0 Å². The number of aryl methyl sites for hydroxylation is 2. The summed E-state index contributed by atoms with van der Waals surface area (Å²) in [6.45, 7) is 5.09. The summed E-state index contributed by atoms with van der Waals surface area (Å²) in [6, 6.07) is 1.85. The number of primary amides is 1. The molecule has 0 aromatic carbocycles. The second kappa shape index (κ2) is 4.78. The molecule has 16 heavy (non-hydrogen) atoms. The average molecular weight is 225 g/mol. The number of hydrogen-bond acceptors (Lipinski definition) is 4. The van der Waals surface area contributed by atoms with Crippen molar-refractivity contribution in [3.8, 4) is 0 Å². The van der Waals surface area contributed by atoms with Crippen molar-refractivity contribution in [3.63, 3.8) is 0 Å². The Kier molecular flexibility index (Phi) is 3.65. The molecule has 0 radical (unpaired) electrons. The lowest BCUT2D eigenvalue weighted by Gasteiger charge is -2.10. The zero-order valence-corrected chi connectivity index (χ0v) is 9.56. The molecule has 1 atom stereocenters. The number of ether oxygens (including phenoxy) is 1. The van der Waals surface area contributed by atoms with Crippen LogP contribution in [0.3, 0.4) is 0 Å². The van der Waals surface area contributed by atoms with E-state index in [1.54, 1.807) is 0 Å². The molecule has 0 aliphatic heterocycles. The van der Waals surface area contributed by atoms with Gasteiger partial charge in [-0.15, -0.1) is 0 Å². The molecular formula is C10H15N3O3. The molecular weight excluding hydrogens is 210 g/mol. The van der Waals surface area contributed by atoms with Crippen LogP contribution in [0.5, 0.6) is 0 Å². The minimum atomic E-state index is -0.913. The molecule has 6 nitrogen and oxygen atoms in total. The summed E-state index contributed by atoms with van der Waals surface area (Å²) in [5, 5.41) is 4.10. The highest BCUT2D eigenvalue weighted by atomic mass is 16.5. The van der Waals surface area contributed by atoms with Gasteiger partial charge in [0.25, 0.3) is 5.91 Å². The SMILES string of the molecule is Cc1cc(C)n(CC(=O)O[C@@H](C)C(N)=O)n1. The molecule has 1 amide bonds. The third kappa shape index (κ3) is 3.08. The number of hydrogen-bond donors (Lipinski definition) is 1. The molecule has 0 bridgehead atoms. The third-order valence-corrected chi connectivity index (χ3v) is 2.09. The monoisotopic (exact) mass is 225 g/mol. The first-order valence-corrected chi connectivity index (χ1v) is 4.90. The number of nitrogens with two attached hydrogens (primary N) is 1. The smallest absolute Gasteiger partial charge is 0.328 e. The van der Waals surface area contributed by atoms with Crippen LogP contribution in [0.4, 0.5) is 0 Å². The molecule has 0 unspecified atom stereocenters. The van der Waals surface area contributed by atoms with E-state index in [1.165, 1.54) is 11.6 Å². The maximum absolute atomic E-state index is 11.4. The Morgan fingerprint density at radius 2 is 2.19 bits per heavy atom. The molecule has 1 aromatic heterocycles. The largest absolute Gasteiger partial charge is 0.451 e. The van der Waals surface area contributed by atoms with Crippen LogP contribution in [0.25, 0.3) is 0 Å². The van der Waals surface area contributed by atoms with Gasteiger partial charge < -0.3 is 10.5 Å². The van der Waals surface area contributed by atoms with E-state index >= 15 is 0 Å². The summed E-state index contributed by atoms with van der Waals surface area (Å²) in [7, 11) is 0. The highest BCUT2D eigenvalue weighted by Crippen LogP contribution is 2.02. The number of rotatable bonds is 4. The molecule has 2 N–H and O–H groups in total. The van der Waals surface area contributed by atoms with Crippen molar-refractivity contribution in [2.45, 2.75) is 33.4 Å². The minimum absolute atomic E-state index is 0.0166. The van der Waals surface area contributed by atoms with Gasteiger partial charge in [-0.1, -0.05) is 0 Å². The van der Waals surface area contributed by atoms with Crippen molar-refractivity contribution in [1.29, 1.82) is 0 Å². The topological polar surface area (TPSA) is 87.2 Å². The summed E-state index contributed by atoms with van der Waals surface area (Å²) < 4.78 is 6.32. The van der Waals surface area contributed by atoms with Gasteiger partial charge in [-0.25, -0.2) is 0 Å². The van der Waals surface area contributed by atoms with Crippen molar-refractivity contribution in [3.05, 3.63) is 17.5 Å². The first kappa shape index (κ1) is 12.2. The van der Waals surface area contributed by atoms with Crippen LogP contribution in [-0.2, 0) is 20.9 Å². The number of amides is 1. The molecule has 0 aliphatic carbocycles. The van der Waals surface area contributed by atoms with Gasteiger partial charge in [-0.2, -0.15) is 5.10 Å². The van der Waals surface area contributed by atoms with Gasteiger partial charge >= 0.3 is 5.97 Å². The fourth-order valence-electron chi connectivity index (χ4n) is 1.25. The van der Waals surface area contributed by atoms with Crippen molar-refractivity contribution in [1.82, 2.24) is 9.78 Å². The Hall–Kier alpha value is -1.85. The summed E-state index contributed by atoms with van der Waals surface area (Å²) in [5.74, 6) is -1.20. The Balaban J connectivity index is 2.58. The molecule has 0 spiro atoms. The predicted octanol–water partition coefficient (Wildman–Crippen LogP) is -0.0831. The lowest BCUT2D eigenvalue weighted by atomic mass is 10.4. The zero-order chi connectivity index (χ0) is 12.3. The van der Waals surface area contributed by atoms with Crippen molar-refractivity contribution in [2.75, 3.05) is 0 Å². The van der Waals surface area contributed by atoms with Crippen LogP contribution < -0.4 is 5.73 Å². The first-order valence-electron chi connectivity index (χ1n) is 4.90. The molecule has 1 rings (SSSR count). The van der Waals surface area contributed by atoms with Crippen LogP contribution in [0.2, 0.25) is 0 Å². The number of nitrogens with zero attached hydrogens (tertiary/aromatic N) is 2. The van der Waals surface area contributed by atoms with E-state index in [2.05, 4.69) is 5.10 Å². The van der Waals surface area contributed by atoms with E-state index < -0.39 is 18.0 Å². The van der Waals surface area contributed by atoms with Crippen LogP contribution in [0.15, 0.2) is 6.07 Å². The van der Waals surface area contributed by atoms with Gasteiger partial charge in [0.05, 0.1) is 5.69 Å². The van der Waals surface area contributed by atoms with E-state index in [1.807, 2.05) is 19.9 Å². The number of carbonyl (C=O) groups is 2. The summed E-state index contributed by atoms with van der Waals surface area (Å²) in [5.41, 5.74) is 6.66. The molecule has 0 saturated heterocycles. The first-order chi connectivity index (χ1) is 7.40. The zero-order valence-electron chi connectivity index (χ0n) is 9.56. The Morgan fingerprint density at radius 1 is 1.56 bits per heavy atom. The minimum Gasteiger partial charge on any atom is -0.451 e. The molecule has 0 fully saturated rings. The molecule has 88 valence electrons. The second-order valence-corrected chi connectivity index (χ2v) is 3.62. The normalized spacial score (nSPS) is 12.2. The standard InChI is InChI=1S/C10H15N3O3/c1-6-4-7(2)13(12-6)5-9(14)16-8(3)10(11)15/h4,8H,5H2,1-3H3,(H2,11,15)/t8-/m0/s1. The average Bonchev–Trinajstić information content (AvgIpc) is 2.44. The van der Waals surface area contributed by atoms with E-state index in [4.69, 9.17) is 10.5 Å². The van der Waals surface area contributed by atoms with E-state index in [0.717, 1.165) is 11.4 Å². The van der Waals surface area contributed by atoms with Gasteiger partial charge in [-0.3, -0.25) is 14.3 Å². The Labute approximate surface area is 93.4 Å². The van der Waals surface area contributed by atoms with Crippen LogP contribution >= 0.6 is 0 Å². The highest BCUT2D eigenvalue weighted by Gasteiger charge is 2.15. The molecule has 0 aliphatic rings. The quantitative estimate of drug-likeness (QED) is 0.726. The maximum Gasteiger partial charge on any atom is 0.328 e. The number of esters is 1. The number of carbonyl (C=O) groups excluding carboxylic acids is 2. The second-order valence-electron chi connectivity index (χ2n) is 3.62. The Bertz CT molecular complexity index is 411. The predicted molar refractivity (Wildman–Crippen MR) is 56.4 cm³/mol. The van der Waals surface area contributed by atoms with Crippen LogP contribution in [0, 0.1) is 13.8 Å². The van der Waals surface area contributed by atoms with Crippen LogP contribution in [0.1, 0.15) is 18.3 Å². The van der Waals surface area contributed by atoms with Gasteiger partial charge in [0.1, 0.15) is 6.54 Å². The van der Waals surface area contributed by atoms with E-state index in [9.17, 15) is 9.59 Å². The number of aromatic nitrogens is 2. The summed E-state index contributed by atoms with van der Waals surface area (Å²) in [4.78, 5) is 22.1. The fourth-order valence-corrected chi connectivity index (χ4v) is 1.25. The van der Waals surface area contributed by atoms with Crippen molar-refractivity contribution < 1.29 is 14.3 Å². The van der Waals surface area contributed by atoms with Crippen LogP contribution in [-0.4, -0.2) is 27.8 Å². The lowest BCUT2D eigenvalue weighted by Crippen LogP contribution is -2.31. The fraction of sp³-hybridized carbons (Fsp3) is 0.500. The van der Waals surface area contributed by atoms with Crippen molar-refractivity contribution >= 4 is 11.9 Å². The lowest BCUT2D eigenvalue weighted by molar-refractivity contribution is -0.154. The van der Waals surface area contributed by atoms with Crippen molar-refractivity contribution in [2.24, 2.45) is 5.73 Å². The van der Waals surface area contributed by atoms with Gasteiger partial charge in [0.2, 0.25) is 0 Å². The van der Waals surface area contributed by atoms with Gasteiger partial charge in [0.15, 0.2) is 6.10 Å². The van der Waals surface area contributed by atoms with E-state index in [-0.39, 0.29) is 6.54 Å². The summed E-state index contributed by atoms with van der Waals surface area (Å²) >= 11 is 0. The maximum atomic E-state index is 11.4. The molecule has 6 heteroatoms. The van der Waals surface area contributed by atoms with Gasteiger partial charge in [-0.05, 0) is 26.8 Å². The molecule has 0 saturated carbocycles. The molecule has 1 heterocycles. The Morgan fingerprint density at radius 3 is 2.62 bits per heavy atom. The highest BCUT2D eigenvalue weighted by molar-refractivity contribution is 5.81. The molecule has 1 aromatic rings. The third-order valence-electron chi connectivity index (χ3n) is 2.09. The summed E-state index contributed by atoms with van der Waals surface area (Å²) in [6.07, 6.45) is -0.913.